The number of carboxylic acid groups (broad SMARTS) is 1. The van der Waals surface area contributed by atoms with Crippen molar-refractivity contribution in [1.29, 1.82) is 0 Å². The first-order valence-corrected chi connectivity index (χ1v) is 7.90. The van der Waals surface area contributed by atoms with E-state index in [1.54, 1.807) is 0 Å². The highest BCUT2D eigenvalue weighted by Gasteiger charge is 2.57. The van der Waals surface area contributed by atoms with Gasteiger partial charge in [0.25, 0.3) is 5.56 Å². The lowest BCUT2D eigenvalue weighted by Crippen LogP contribution is -2.52. The highest BCUT2D eigenvalue weighted by atomic mass is 31.2. The minimum absolute atomic E-state index is 0.448. The highest BCUT2D eigenvalue weighted by molar-refractivity contribution is 7.43. The van der Waals surface area contributed by atoms with Gasteiger partial charge in [-0.05, 0) is 0 Å². The Morgan fingerprint density at radius 1 is 1.50 bits per heavy atom. The van der Waals surface area contributed by atoms with Crippen molar-refractivity contribution >= 4 is 14.5 Å². The van der Waals surface area contributed by atoms with Crippen molar-refractivity contribution in [1.82, 2.24) is 9.55 Å². The summed E-state index contributed by atoms with van der Waals surface area (Å²) in [5.41, 5.74) is 1.13. The molecule has 1 aliphatic rings. The normalized spacial score (nSPS) is 31.1. The number of nitrogens with two attached hydrogens (primary N) is 1. The third-order valence-corrected chi connectivity index (χ3v) is 3.94. The number of hydrogen-bond acceptors (Lipinski definition) is 9. The van der Waals surface area contributed by atoms with E-state index < -0.39 is 62.8 Å². The Bertz CT molecular complexity index is 719. The molecule has 7 N–H and O–H groups in total. The molecule has 24 heavy (non-hydrogen) atoms. The molecule has 0 amide bonds. The second-order valence-corrected chi connectivity index (χ2v) is 5.95. The lowest BCUT2D eigenvalue weighted by molar-refractivity contribution is -0.173. The lowest BCUT2D eigenvalue weighted by Gasteiger charge is -2.32. The summed E-state index contributed by atoms with van der Waals surface area (Å²) < 4.78 is 10.8. The van der Waals surface area contributed by atoms with Gasteiger partial charge in [-0.2, -0.15) is 0 Å². The molecule has 1 aromatic heterocycles. The Morgan fingerprint density at radius 2 is 2.17 bits per heavy atom. The Kier molecular flexibility index (Phi) is 5.50. The molecule has 1 saturated heterocycles. The largest absolute Gasteiger partial charge is 0.481 e. The number of carboxylic acids is 1. The molecule has 0 bridgehead atoms. The van der Waals surface area contributed by atoms with Crippen molar-refractivity contribution in [2.45, 2.75) is 30.5 Å². The Hall–Kier alpha value is -1.66. The second kappa shape index (κ2) is 7.07. The maximum atomic E-state index is 12.0. The van der Waals surface area contributed by atoms with Crippen LogP contribution in [0, 0.1) is 0 Å². The molecule has 0 spiro atoms. The van der Waals surface area contributed by atoms with Gasteiger partial charge in [0.05, 0.1) is 13.0 Å². The summed E-state index contributed by atoms with van der Waals surface area (Å²) >= 11 is 0. The smallest absolute Gasteiger partial charge is 0.330 e. The van der Waals surface area contributed by atoms with E-state index in [1.165, 1.54) is 0 Å². The van der Waals surface area contributed by atoms with E-state index in [2.05, 4.69) is 0 Å². The molecular formula is C11H16N3O9P. The molecule has 0 saturated carbocycles. The predicted octanol–water partition coefficient (Wildman–Crippen LogP) is -3.02. The molecule has 1 aliphatic heterocycles. The number of aliphatic carboxylic acids is 1. The van der Waals surface area contributed by atoms with Crippen LogP contribution in [0.25, 0.3) is 0 Å². The van der Waals surface area contributed by atoms with Crippen LogP contribution in [0.15, 0.2) is 21.9 Å². The average Bonchev–Trinajstić information content (AvgIpc) is 2.70. The van der Waals surface area contributed by atoms with E-state index >= 15 is 0 Å². The number of carbonyl (C=O) groups is 1. The molecule has 12 nitrogen and oxygen atoms in total. The van der Waals surface area contributed by atoms with Gasteiger partial charge in [-0.25, -0.2) is 4.79 Å². The maximum Gasteiger partial charge on any atom is 0.330 e. The van der Waals surface area contributed by atoms with Crippen LogP contribution in [0.4, 0.5) is 0 Å². The fraction of sp³-hybridized carbons (Fsp3) is 0.545. The van der Waals surface area contributed by atoms with Gasteiger partial charge < -0.3 is 29.5 Å². The molecular weight excluding hydrogens is 349 g/mol. The summed E-state index contributed by atoms with van der Waals surface area (Å²) in [6.07, 6.45) is -4.65. The number of nitrogens with one attached hydrogen (secondary N) is 1. The van der Waals surface area contributed by atoms with Crippen LogP contribution in [0.1, 0.15) is 6.42 Å². The summed E-state index contributed by atoms with van der Waals surface area (Å²) in [6.45, 7) is -0.448. The zero-order valence-corrected chi connectivity index (χ0v) is 13.0. The van der Waals surface area contributed by atoms with Crippen LogP contribution in [-0.4, -0.2) is 60.7 Å². The summed E-state index contributed by atoms with van der Waals surface area (Å²) in [4.78, 5) is 45.2. The molecule has 0 radical (unpaired) electrons. The monoisotopic (exact) mass is 365 g/mol. The van der Waals surface area contributed by atoms with Gasteiger partial charge in [0.1, 0.15) is 18.3 Å². The first-order chi connectivity index (χ1) is 11.2. The van der Waals surface area contributed by atoms with Gasteiger partial charge in [-0.1, -0.05) is 0 Å². The van der Waals surface area contributed by atoms with Crippen LogP contribution in [0.2, 0.25) is 0 Å². The maximum absolute atomic E-state index is 12.0. The summed E-state index contributed by atoms with van der Waals surface area (Å²) in [5, 5.41) is 29.5. The van der Waals surface area contributed by atoms with Crippen LogP contribution >= 0.6 is 8.53 Å². The minimum Gasteiger partial charge on any atom is -0.481 e. The Labute approximate surface area is 135 Å². The van der Waals surface area contributed by atoms with Crippen LogP contribution in [-0.2, 0) is 19.8 Å². The van der Waals surface area contributed by atoms with E-state index in [-0.39, 0.29) is 0 Å². The minimum atomic E-state index is -2.27. The molecule has 1 aromatic rings. The predicted molar refractivity (Wildman–Crippen MR) is 77.7 cm³/mol. The van der Waals surface area contributed by atoms with Gasteiger partial charge in [0.15, 0.2) is 5.72 Å². The molecule has 0 aromatic carbocycles. The topological polar surface area (TPSA) is 197 Å². The number of ether oxygens (including phenoxy) is 1. The standard InChI is InChI=1S/C11H16N3O9P/c12-24(21)22-4-5-8(18)9(19)11(23-5,3-7(16)17)14-2-1-6(15)13-10(14)20/h1-2,5,8-9,18-19,21H,3-4,12H2,(H,16,17)(H,13,15,20)/t5-,8-,9-,11-,24?/m1/s1. The molecule has 2 rings (SSSR count). The van der Waals surface area contributed by atoms with E-state index in [4.69, 9.17) is 24.8 Å². The molecule has 1 fully saturated rings. The van der Waals surface area contributed by atoms with Crippen LogP contribution in [0.5, 0.6) is 0 Å². The second-order valence-electron chi connectivity index (χ2n) is 5.09. The molecule has 0 aliphatic carbocycles. The first kappa shape index (κ1) is 18.7. The van der Waals surface area contributed by atoms with Gasteiger partial charge in [-0.3, -0.25) is 24.6 Å². The summed E-state index contributed by atoms with van der Waals surface area (Å²) in [5.74, 6) is -1.43. The SMILES string of the molecule is NP(O)OC[C@H]1O[C@@](CC(=O)O)(n2ccc(=O)[nH]c2=O)[C@H](O)[C@@H]1O. The molecule has 1 unspecified atom stereocenters. The third kappa shape index (κ3) is 3.54. The van der Waals surface area contributed by atoms with Gasteiger partial charge in [-0.15, -0.1) is 0 Å². The average molecular weight is 365 g/mol. The Balaban J connectivity index is 2.46. The summed E-state index contributed by atoms with van der Waals surface area (Å²) in [7, 11) is -2.27. The van der Waals surface area contributed by atoms with Crippen molar-refractivity contribution in [3.63, 3.8) is 0 Å². The molecule has 5 atom stereocenters. The number of aliphatic hydroxyl groups is 2. The number of H-pyrrole nitrogens is 1. The van der Waals surface area contributed by atoms with Gasteiger partial charge in [0.2, 0.25) is 8.53 Å². The fourth-order valence-corrected chi connectivity index (χ4v) is 2.82. The zero-order valence-electron chi connectivity index (χ0n) is 12.1. The van der Waals surface area contributed by atoms with Crippen molar-refractivity contribution in [2.24, 2.45) is 5.50 Å². The molecule has 13 heteroatoms. The van der Waals surface area contributed by atoms with Gasteiger partial charge in [0, 0.05) is 12.3 Å². The number of nitrogens with zero attached hydrogens (tertiary/aromatic N) is 1. The van der Waals surface area contributed by atoms with Crippen molar-refractivity contribution in [3.05, 3.63) is 33.1 Å². The number of aromatic amines is 1. The fourth-order valence-electron chi connectivity index (χ4n) is 2.52. The molecule has 2 heterocycles. The first-order valence-electron chi connectivity index (χ1n) is 6.62. The van der Waals surface area contributed by atoms with E-state index in [1.807, 2.05) is 4.98 Å². The summed E-state index contributed by atoms with van der Waals surface area (Å²) in [6, 6.07) is 0.935. The molecule has 134 valence electrons. The van der Waals surface area contributed by atoms with Crippen molar-refractivity contribution in [2.75, 3.05) is 6.61 Å². The lowest BCUT2D eigenvalue weighted by atomic mass is 9.99. The van der Waals surface area contributed by atoms with Gasteiger partial charge >= 0.3 is 11.7 Å². The number of rotatable bonds is 6. The van der Waals surface area contributed by atoms with Crippen molar-refractivity contribution < 1.29 is 34.3 Å². The van der Waals surface area contributed by atoms with Crippen LogP contribution in [0.3, 0.4) is 0 Å². The number of hydrogen-bond donors (Lipinski definition) is 6. The highest BCUT2D eigenvalue weighted by Crippen LogP contribution is 2.38. The quantitative estimate of drug-likeness (QED) is 0.282. The zero-order chi connectivity index (χ0) is 18.1. The van der Waals surface area contributed by atoms with E-state index in [0.717, 1.165) is 12.3 Å². The number of aromatic nitrogens is 2. The van der Waals surface area contributed by atoms with E-state index in [0.29, 0.717) is 4.57 Å². The van der Waals surface area contributed by atoms with Crippen molar-refractivity contribution in [3.8, 4) is 0 Å². The number of aliphatic hydroxyl groups excluding tert-OH is 2. The Morgan fingerprint density at radius 3 is 2.71 bits per heavy atom. The third-order valence-electron chi connectivity index (χ3n) is 3.53. The van der Waals surface area contributed by atoms with E-state index in [9.17, 15) is 24.6 Å². The van der Waals surface area contributed by atoms with Crippen LogP contribution < -0.4 is 16.8 Å².